The number of nitrogens with one attached hydrogen (secondary N) is 1. The van der Waals surface area contributed by atoms with Gasteiger partial charge in [0.05, 0.1) is 22.3 Å². The number of nitrogens with zero attached hydrogens (tertiary/aromatic N) is 1. The topological polar surface area (TPSA) is 90.2 Å². The van der Waals surface area contributed by atoms with E-state index in [9.17, 15) is 17.2 Å². The summed E-state index contributed by atoms with van der Waals surface area (Å²) in [6.07, 6.45) is -4.69. The van der Waals surface area contributed by atoms with Gasteiger partial charge in [-0.1, -0.05) is 6.07 Å². The van der Waals surface area contributed by atoms with Crippen LogP contribution in [0.1, 0.15) is 5.56 Å². The van der Waals surface area contributed by atoms with Crippen molar-refractivity contribution in [2.45, 2.75) is 17.4 Å². The van der Waals surface area contributed by atoms with Crippen LogP contribution in [-0.2, 0) is 9.84 Å². The van der Waals surface area contributed by atoms with Gasteiger partial charge in [-0.25, -0.2) is 17.2 Å². The van der Waals surface area contributed by atoms with E-state index >= 15 is 0 Å². The van der Waals surface area contributed by atoms with Crippen LogP contribution in [-0.4, -0.2) is 44.9 Å². The molecule has 0 saturated heterocycles. The van der Waals surface area contributed by atoms with E-state index in [2.05, 4.69) is 5.32 Å². The van der Waals surface area contributed by atoms with Gasteiger partial charge < -0.3 is 10.4 Å². The molecule has 0 aliphatic carbocycles. The van der Waals surface area contributed by atoms with Gasteiger partial charge in [0.1, 0.15) is 6.10 Å². The first-order valence-electron chi connectivity index (χ1n) is 5.76. The molecule has 0 aliphatic heterocycles. The van der Waals surface area contributed by atoms with Crippen LogP contribution < -0.4 is 5.32 Å². The van der Waals surface area contributed by atoms with E-state index in [4.69, 9.17) is 10.4 Å². The monoisotopic (exact) mass is 304 g/mol. The molecule has 1 rings (SSSR count). The van der Waals surface area contributed by atoms with Crippen molar-refractivity contribution in [2.75, 3.05) is 18.8 Å². The predicted molar refractivity (Wildman–Crippen MR) is 68.1 cm³/mol. The molecule has 1 atom stereocenters. The number of aliphatic hydroxyl groups is 1. The Bertz CT molecular complexity index is 585. The van der Waals surface area contributed by atoms with E-state index in [0.29, 0.717) is 0 Å². The highest BCUT2D eigenvalue weighted by Crippen LogP contribution is 2.12. The van der Waals surface area contributed by atoms with Gasteiger partial charge in [-0.15, -0.1) is 0 Å². The summed E-state index contributed by atoms with van der Waals surface area (Å²) in [6, 6.07) is 7.40. The second-order valence-electron chi connectivity index (χ2n) is 4.06. The molecule has 8 heteroatoms. The lowest BCUT2D eigenvalue weighted by molar-refractivity contribution is -0.00292. The van der Waals surface area contributed by atoms with Gasteiger partial charge in [-0.05, 0) is 18.2 Å². The first-order chi connectivity index (χ1) is 9.36. The Morgan fingerprint density at radius 3 is 2.70 bits per heavy atom. The molecule has 5 nitrogen and oxygen atoms in total. The molecular formula is C12H14F2N2O3S. The number of aliphatic hydroxyl groups excluding tert-OH is 1. The highest BCUT2D eigenvalue weighted by Gasteiger charge is 2.17. The molecule has 0 saturated carbocycles. The highest BCUT2D eigenvalue weighted by molar-refractivity contribution is 7.91. The van der Waals surface area contributed by atoms with Gasteiger partial charge in [0.2, 0.25) is 0 Å². The van der Waals surface area contributed by atoms with E-state index in [0.717, 1.165) is 0 Å². The minimum Gasteiger partial charge on any atom is -0.386 e. The van der Waals surface area contributed by atoms with Gasteiger partial charge in [0.25, 0.3) is 6.43 Å². The van der Waals surface area contributed by atoms with Crippen molar-refractivity contribution in [3.8, 4) is 6.07 Å². The normalized spacial score (nSPS) is 13.2. The summed E-state index contributed by atoms with van der Waals surface area (Å²) in [5, 5.41) is 20.0. The molecule has 0 aromatic heterocycles. The molecule has 0 heterocycles. The molecule has 0 radical (unpaired) electrons. The Hall–Kier alpha value is -1.56. The summed E-state index contributed by atoms with van der Waals surface area (Å²) < 4.78 is 47.8. The zero-order valence-electron chi connectivity index (χ0n) is 10.5. The minimum atomic E-state index is -3.59. The fourth-order valence-electron chi connectivity index (χ4n) is 1.42. The molecule has 2 N–H and O–H groups in total. The summed E-state index contributed by atoms with van der Waals surface area (Å²) in [7, 11) is -3.59. The molecule has 0 fully saturated rings. The number of benzene rings is 1. The molecule has 1 aromatic rings. The Balaban J connectivity index is 2.56. The van der Waals surface area contributed by atoms with Crippen molar-refractivity contribution in [1.29, 1.82) is 5.26 Å². The SMILES string of the molecule is N#Cc1cccc(S(=O)(=O)CCNCC(O)C(F)F)c1. The molecule has 1 unspecified atom stereocenters. The summed E-state index contributed by atoms with van der Waals surface area (Å²) in [5.41, 5.74) is 0.229. The minimum absolute atomic E-state index is 0.00718. The van der Waals surface area contributed by atoms with Crippen LogP contribution in [0.25, 0.3) is 0 Å². The van der Waals surface area contributed by atoms with Gasteiger partial charge in [0, 0.05) is 13.1 Å². The quantitative estimate of drug-likeness (QED) is 0.718. The summed E-state index contributed by atoms with van der Waals surface area (Å²) in [4.78, 5) is 0.00718. The van der Waals surface area contributed by atoms with E-state index in [1.54, 1.807) is 0 Å². The number of halogens is 2. The fraction of sp³-hybridized carbons (Fsp3) is 0.417. The number of rotatable bonds is 7. The molecule has 20 heavy (non-hydrogen) atoms. The van der Waals surface area contributed by atoms with Crippen molar-refractivity contribution in [3.05, 3.63) is 29.8 Å². The number of hydrogen-bond donors (Lipinski definition) is 2. The molecule has 0 aliphatic rings. The Labute approximate surface area is 115 Å². The van der Waals surface area contributed by atoms with Crippen LogP contribution in [0.5, 0.6) is 0 Å². The number of sulfone groups is 1. The van der Waals surface area contributed by atoms with Gasteiger partial charge in [-0.2, -0.15) is 5.26 Å². The Morgan fingerprint density at radius 2 is 2.10 bits per heavy atom. The smallest absolute Gasteiger partial charge is 0.265 e. The van der Waals surface area contributed by atoms with Crippen molar-refractivity contribution in [1.82, 2.24) is 5.32 Å². The zero-order chi connectivity index (χ0) is 15.2. The summed E-state index contributed by atoms with van der Waals surface area (Å²) in [6.45, 7) is -0.450. The van der Waals surface area contributed by atoms with Crippen molar-refractivity contribution < 1.29 is 22.3 Å². The lowest BCUT2D eigenvalue weighted by Crippen LogP contribution is -2.34. The molecule has 0 spiro atoms. The lowest BCUT2D eigenvalue weighted by atomic mass is 10.2. The average molecular weight is 304 g/mol. The van der Waals surface area contributed by atoms with E-state index in [-0.39, 0.29) is 29.3 Å². The number of alkyl halides is 2. The van der Waals surface area contributed by atoms with Gasteiger partial charge >= 0.3 is 0 Å². The van der Waals surface area contributed by atoms with Crippen molar-refractivity contribution >= 4 is 9.84 Å². The van der Waals surface area contributed by atoms with Crippen LogP contribution in [0.2, 0.25) is 0 Å². The fourth-order valence-corrected chi connectivity index (χ4v) is 2.66. The molecule has 0 amide bonds. The van der Waals surface area contributed by atoms with Crippen LogP contribution in [0.15, 0.2) is 29.2 Å². The first-order valence-corrected chi connectivity index (χ1v) is 7.42. The standard InChI is InChI=1S/C12H14F2N2O3S/c13-12(14)11(17)8-16-4-5-20(18,19)10-3-1-2-9(6-10)7-15/h1-3,6,11-12,16-17H,4-5,8H2. The maximum absolute atomic E-state index is 12.0. The number of hydrogen-bond acceptors (Lipinski definition) is 5. The Kier molecular flexibility index (Phi) is 6.01. The Morgan fingerprint density at radius 1 is 1.40 bits per heavy atom. The third-order valence-corrected chi connectivity index (χ3v) is 4.23. The van der Waals surface area contributed by atoms with Crippen LogP contribution >= 0.6 is 0 Å². The second kappa shape index (κ2) is 7.28. The van der Waals surface area contributed by atoms with Gasteiger partial charge in [-0.3, -0.25) is 0 Å². The van der Waals surface area contributed by atoms with Crippen molar-refractivity contribution in [3.63, 3.8) is 0 Å². The van der Waals surface area contributed by atoms with Gasteiger partial charge in [0.15, 0.2) is 9.84 Å². The largest absolute Gasteiger partial charge is 0.386 e. The molecular weight excluding hydrogens is 290 g/mol. The maximum Gasteiger partial charge on any atom is 0.265 e. The van der Waals surface area contributed by atoms with E-state index < -0.39 is 22.4 Å². The third-order valence-electron chi connectivity index (χ3n) is 2.51. The summed E-state index contributed by atoms with van der Waals surface area (Å²) >= 11 is 0. The van der Waals surface area contributed by atoms with Crippen LogP contribution in [0.3, 0.4) is 0 Å². The molecule has 110 valence electrons. The van der Waals surface area contributed by atoms with E-state index in [1.807, 2.05) is 6.07 Å². The lowest BCUT2D eigenvalue weighted by Gasteiger charge is -2.10. The first kappa shape index (κ1) is 16.5. The molecule has 0 bridgehead atoms. The third kappa shape index (κ3) is 4.85. The predicted octanol–water partition coefficient (Wildman–Crippen LogP) is 0.548. The maximum atomic E-state index is 12.0. The molecule has 1 aromatic carbocycles. The van der Waals surface area contributed by atoms with Crippen molar-refractivity contribution in [2.24, 2.45) is 0 Å². The second-order valence-corrected chi connectivity index (χ2v) is 6.17. The average Bonchev–Trinajstić information content (AvgIpc) is 2.43. The van der Waals surface area contributed by atoms with Crippen LogP contribution in [0.4, 0.5) is 8.78 Å². The highest BCUT2D eigenvalue weighted by atomic mass is 32.2. The number of nitriles is 1. The zero-order valence-corrected chi connectivity index (χ0v) is 11.3. The summed E-state index contributed by atoms with van der Waals surface area (Å²) in [5.74, 6) is -0.308. The van der Waals surface area contributed by atoms with Crippen LogP contribution in [0, 0.1) is 11.3 Å². The van der Waals surface area contributed by atoms with E-state index in [1.165, 1.54) is 24.3 Å².